The van der Waals surface area contributed by atoms with Crippen molar-refractivity contribution >= 4 is 17.7 Å². The van der Waals surface area contributed by atoms with Crippen molar-refractivity contribution < 1.29 is 14.3 Å². The highest BCUT2D eigenvalue weighted by atomic mass is 16.6. The smallest absolute Gasteiger partial charge is 0.391 e. The second kappa shape index (κ2) is 9.12. The van der Waals surface area contributed by atoms with Crippen molar-refractivity contribution in [1.29, 1.82) is 0 Å². The van der Waals surface area contributed by atoms with Crippen LogP contribution in [0.2, 0.25) is 0 Å². The zero-order chi connectivity index (χ0) is 21.2. The molecule has 3 aliphatic heterocycles. The molecule has 5 rings (SSSR count). The molecule has 2 amide bonds. The van der Waals surface area contributed by atoms with Gasteiger partial charge in [-0.25, -0.2) is 9.78 Å². The molecule has 1 atom stereocenters. The van der Waals surface area contributed by atoms with Gasteiger partial charge in [0.15, 0.2) is 0 Å². The van der Waals surface area contributed by atoms with Crippen LogP contribution in [0, 0.1) is 5.92 Å². The van der Waals surface area contributed by atoms with Crippen LogP contribution in [0.4, 0.5) is 10.5 Å². The normalized spacial score (nSPS) is 26.2. The predicted molar refractivity (Wildman–Crippen MR) is 117 cm³/mol. The van der Waals surface area contributed by atoms with Crippen molar-refractivity contribution in [2.45, 2.75) is 57.0 Å². The molecular formula is C23H33N5O3. The second-order valence-corrected chi connectivity index (χ2v) is 9.30. The number of pyridine rings is 1. The number of hydrogen-bond donors (Lipinski definition) is 1. The average Bonchev–Trinajstić information content (AvgIpc) is 3.19. The minimum atomic E-state index is -0.297. The number of rotatable bonds is 4. The lowest BCUT2D eigenvalue weighted by Crippen LogP contribution is -2.62. The summed E-state index contributed by atoms with van der Waals surface area (Å²) in [5.41, 5.74) is 0.768. The zero-order valence-corrected chi connectivity index (χ0v) is 18.2. The summed E-state index contributed by atoms with van der Waals surface area (Å²) in [4.78, 5) is 35.7. The zero-order valence-electron chi connectivity index (χ0n) is 18.2. The summed E-state index contributed by atoms with van der Waals surface area (Å²) in [6.45, 7) is 5.35. The lowest BCUT2D eigenvalue weighted by atomic mass is 9.85. The van der Waals surface area contributed by atoms with Crippen LogP contribution in [-0.2, 0) is 4.79 Å². The molecule has 4 heterocycles. The van der Waals surface area contributed by atoms with Crippen molar-refractivity contribution in [3.63, 3.8) is 0 Å². The number of carbonyl (C=O) groups excluding carboxylic acids is 2. The highest BCUT2D eigenvalue weighted by Crippen LogP contribution is 2.31. The predicted octanol–water partition coefficient (Wildman–Crippen LogP) is 2.25. The van der Waals surface area contributed by atoms with Crippen molar-refractivity contribution in [2.24, 2.45) is 5.92 Å². The van der Waals surface area contributed by atoms with E-state index in [0.717, 1.165) is 57.7 Å². The summed E-state index contributed by atoms with van der Waals surface area (Å²) in [5.74, 6) is 0.930. The molecule has 0 bridgehead atoms. The topological polar surface area (TPSA) is 78.0 Å². The number of piperidine rings is 1. The minimum absolute atomic E-state index is 0.126. The Morgan fingerprint density at radius 3 is 2.55 bits per heavy atom. The Bertz CT molecular complexity index is 791. The van der Waals surface area contributed by atoms with Crippen LogP contribution in [0.1, 0.15) is 44.9 Å². The maximum absolute atomic E-state index is 13.1. The largest absolute Gasteiger partial charge is 0.416 e. The molecule has 1 aliphatic carbocycles. The number of nitrogens with one attached hydrogen (secondary N) is 1. The number of nitrogens with zero attached hydrogens (tertiary/aromatic N) is 4. The average molecular weight is 428 g/mol. The van der Waals surface area contributed by atoms with Gasteiger partial charge in [-0.15, -0.1) is 0 Å². The molecule has 1 aromatic heterocycles. The van der Waals surface area contributed by atoms with Crippen molar-refractivity contribution in [3.8, 4) is 5.88 Å². The van der Waals surface area contributed by atoms with Crippen LogP contribution in [0.25, 0.3) is 0 Å². The number of amides is 2. The van der Waals surface area contributed by atoms with Crippen LogP contribution in [0.15, 0.2) is 18.3 Å². The SMILES string of the molecule is O=C1CCCN1c1ccc(OC(=O)N2CCN(C3CCC3)CC2C2CCNCC2)nc1. The molecule has 3 saturated heterocycles. The summed E-state index contributed by atoms with van der Waals surface area (Å²) in [7, 11) is 0. The van der Waals surface area contributed by atoms with Gasteiger partial charge in [-0.2, -0.15) is 0 Å². The van der Waals surface area contributed by atoms with Crippen LogP contribution in [0.3, 0.4) is 0 Å². The van der Waals surface area contributed by atoms with E-state index in [2.05, 4.69) is 15.2 Å². The molecule has 1 aromatic rings. The van der Waals surface area contributed by atoms with Crippen LogP contribution < -0.4 is 15.0 Å². The fraction of sp³-hybridized carbons (Fsp3) is 0.696. The molecule has 31 heavy (non-hydrogen) atoms. The molecule has 8 heteroatoms. The van der Waals surface area contributed by atoms with Gasteiger partial charge < -0.3 is 19.9 Å². The molecule has 0 radical (unpaired) electrons. The van der Waals surface area contributed by atoms with Gasteiger partial charge in [-0.3, -0.25) is 9.69 Å². The number of piperazine rings is 1. The summed E-state index contributed by atoms with van der Waals surface area (Å²) >= 11 is 0. The molecule has 4 fully saturated rings. The summed E-state index contributed by atoms with van der Waals surface area (Å²) in [5, 5.41) is 3.44. The van der Waals surface area contributed by atoms with Crippen molar-refractivity contribution in [2.75, 3.05) is 44.2 Å². The first kappa shape index (κ1) is 20.7. The summed E-state index contributed by atoms with van der Waals surface area (Å²) < 4.78 is 5.69. The van der Waals surface area contributed by atoms with Gasteiger partial charge in [-0.05, 0) is 57.2 Å². The van der Waals surface area contributed by atoms with Gasteiger partial charge in [0.1, 0.15) is 0 Å². The van der Waals surface area contributed by atoms with Gasteiger partial charge in [0.05, 0.1) is 17.9 Å². The molecule has 0 aromatic carbocycles. The first-order chi connectivity index (χ1) is 15.2. The third kappa shape index (κ3) is 4.41. The fourth-order valence-electron chi connectivity index (χ4n) is 5.44. The van der Waals surface area contributed by atoms with Gasteiger partial charge >= 0.3 is 6.09 Å². The standard InChI is InChI=1S/C23H33N5O3/c29-22-5-2-12-27(22)19-6-7-21(25-15-19)31-23(30)28-14-13-26(18-3-1-4-18)16-20(28)17-8-10-24-11-9-17/h6-7,15,17-18,20,24H,1-5,8-14,16H2. The second-order valence-electron chi connectivity index (χ2n) is 9.30. The Labute approximate surface area is 183 Å². The Hall–Kier alpha value is -2.19. The first-order valence-corrected chi connectivity index (χ1v) is 11.9. The first-order valence-electron chi connectivity index (χ1n) is 11.9. The van der Waals surface area contributed by atoms with E-state index in [1.54, 1.807) is 17.2 Å². The molecule has 8 nitrogen and oxygen atoms in total. The number of hydrogen-bond acceptors (Lipinski definition) is 6. The molecule has 1 N–H and O–H groups in total. The number of ether oxygens (including phenoxy) is 1. The highest BCUT2D eigenvalue weighted by Gasteiger charge is 2.40. The maximum Gasteiger partial charge on any atom is 0.416 e. The van der Waals surface area contributed by atoms with Crippen LogP contribution in [0.5, 0.6) is 5.88 Å². The van der Waals surface area contributed by atoms with Crippen molar-refractivity contribution in [3.05, 3.63) is 18.3 Å². The van der Waals surface area contributed by atoms with Crippen LogP contribution in [-0.4, -0.2) is 78.1 Å². The molecule has 4 aliphatic rings. The van der Waals surface area contributed by atoms with E-state index in [9.17, 15) is 9.59 Å². The van der Waals surface area contributed by atoms with Gasteiger partial charge in [-0.1, -0.05) is 6.42 Å². The molecular weight excluding hydrogens is 394 g/mol. The molecule has 168 valence electrons. The monoisotopic (exact) mass is 427 g/mol. The van der Waals surface area contributed by atoms with E-state index in [1.165, 1.54) is 19.3 Å². The number of anilines is 1. The highest BCUT2D eigenvalue weighted by molar-refractivity contribution is 5.95. The van der Waals surface area contributed by atoms with E-state index in [4.69, 9.17) is 4.74 Å². The van der Waals surface area contributed by atoms with Gasteiger partial charge in [0.2, 0.25) is 11.8 Å². The summed E-state index contributed by atoms with van der Waals surface area (Å²) in [6, 6.07) is 4.41. The lowest BCUT2D eigenvalue weighted by Gasteiger charge is -2.49. The van der Waals surface area contributed by atoms with E-state index in [1.807, 2.05) is 11.0 Å². The van der Waals surface area contributed by atoms with E-state index < -0.39 is 0 Å². The lowest BCUT2D eigenvalue weighted by molar-refractivity contribution is -0.117. The van der Waals surface area contributed by atoms with Crippen LogP contribution >= 0.6 is 0 Å². The Balaban J connectivity index is 1.25. The van der Waals surface area contributed by atoms with Gasteiger partial charge in [0.25, 0.3) is 0 Å². The Morgan fingerprint density at radius 1 is 1.06 bits per heavy atom. The fourth-order valence-corrected chi connectivity index (χ4v) is 5.44. The third-order valence-electron chi connectivity index (χ3n) is 7.50. The van der Waals surface area contributed by atoms with E-state index >= 15 is 0 Å². The third-order valence-corrected chi connectivity index (χ3v) is 7.50. The molecule has 1 unspecified atom stereocenters. The van der Waals surface area contributed by atoms with Gasteiger partial charge in [0, 0.05) is 44.7 Å². The molecule has 1 saturated carbocycles. The van der Waals surface area contributed by atoms with Crippen molar-refractivity contribution in [1.82, 2.24) is 20.1 Å². The van der Waals surface area contributed by atoms with E-state index in [0.29, 0.717) is 30.8 Å². The number of aromatic nitrogens is 1. The summed E-state index contributed by atoms with van der Waals surface area (Å²) in [6.07, 6.45) is 8.91. The maximum atomic E-state index is 13.1. The number of carbonyl (C=O) groups is 2. The quantitative estimate of drug-likeness (QED) is 0.794. The Morgan fingerprint density at radius 2 is 1.90 bits per heavy atom. The Kier molecular flexibility index (Phi) is 6.09. The minimum Gasteiger partial charge on any atom is -0.391 e. The van der Waals surface area contributed by atoms with E-state index in [-0.39, 0.29) is 18.0 Å². The molecule has 0 spiro atoms.